The van der Waals surface area contributed by atoms with Gasteiger partial charge in [-0.05, 0) is 54.6 Å². The Morgan fingerprint density at radius 2 is 1.76 bits per heavy atom. The smallest absolute Gasteiger partial charge is 0.325 e. The first-order valence-corrected chi connectivity index (χ1v) is 12.6. The van der Waals surface area contributed by atoms with Crippen molar-refractivity contribution in [2.45, 2.75) is 11.4 Å². The third-order valence-electron chi connectivity index (χ3n) is 4.79. The molecule has 0 spiro atoms. The normalized spacial score (nSPS) is 12.0. The zero-order valence-electron chi connectivity index (χ0n) is 17.8. The van der Waals surface area contributed by atoms with Gasteiger partial charge in [-0.25, -0.2) is 8.42 Å². The molecule has 1 N–H and O–H groups in total. The predicted octanol–water partition coefficient (Wildman–Crippen LogP) is 4.07. The third-order valence-corrected chi connectivity index (χ3v) is 7.47. The highest BCUT2D eigenvalue weighted by Crippen LogP contribution is 2.22. The maximum absolute atomic E-state index is 12.8. The molecule has 0 saturated carbocycles. The van der Waals surface area contributed by atoms with Gasteiger partial charge in [-0.15, -0.1) is 0 Å². The molecule has 0 aliphatic heterocycles. The number of carbonyl (C=O) groups excluding carboxylic acids is 2. The van der Waals surface area contributed by atoms with Crippen molar-refractivity contribution in [1.82, 2.24) is 4.57 Å². The second-order valence-corrected chi connectivity index (χ2v) is 10.2. The molecule has 0 unspecified atom stereocenters. The van der Waals surface area contributed by atoms with Gasteiger partial charge in [-0.1, -0.05) is 41.1 Å². The molecule has 1 amide bonds. The van der Waals surface area contributed by atoms with Crippen LogP contribution in [0.25, 0.3) is 10.2 Å². The van der Waals surface area contributed by atoms with Gasteiger partial charge in [0.25, 0.3) is 15.9 Å². The average Bonchev–Trinajstić information content (AvgIpc) is 3.15. The van der Waals surface area contributed by atoms with Gasteiger partial charge in [0, 0.05) is 16.3 Å². The second kappa shape index (κ2) is 9.80. The van der Waals surface area contributed by atoms with Crippen molar-refractivity contribution in [3.05, 3.63) is 88.2 Å². The summed E-state index contributed by atoms with van der Waals surface area (Å²) in [4.78, 5) is 29.4. The Kier molecular flexibility index (Phi) is 6.82. The van der Waals surface area contributed by atoms with Gasteiger partial charge < -0.3 is 9.30 Å². The number of hydrogen-bond acceptors (Lipinski definition) is 6. The molecule has 1 aromatic heterocycles. The second-order valence-electron chi connectivity index (χ2n) is 7.07. The minimum atomic E-state index is -3.75. The maximum Gasteiger partial charge on any atom is 0.325 e. The highest BCUT2D eigenvalue weighted by Gasteiger charge is 2.15. The van der Waals surface area contributed by atoms with Gasteiger partial charge in [-0.2, -0.15) is 4.99 Å². The van der Waals surface area contributed by atoms with Crippen LogP contribution in [0.4, 0.5) is 5.69 Å². The van der Waals surface area contributed by atoms with E-state index in [9.17, 15) is 18.0 Å². The van der Waals surface area contributed by atoms with E-state index in [4.69, 9.17) is 16.3 Å². The number of nitrogens with zero attached hydrogens (tertiary/aromatic N) is 2. The number of benzene rings is 3. The van der Waals surface area contributed by atoms with Crippen LogP contribution in [-0.2, 0) is 26.1 Å². The molecule has 0 atom stereocenters. The minimum absolute atomic E-state index is 0.121. The molecule has 0 saturated heterocycles. The van der Waals surface area contributed by atoms with Gasteiger partial charge in [0.1, 0.15) is 6.54 Å². The van der Waals surface area contributed by atoms with Crippen molar-refractivity contribution in [3.63, 3.8) is 0 Å². The van der Waals surface area contributed by atoms with E-state index < -0.39 is 21.9 Å². The van der Waals surface area contributed by atoms with Gasteiger partial charge >= 0.3 is 5.97 Å². The summed E-state index contributed by atoms with van der Waals surface area (Å²) in [6.45, 7) is -0.121. The highest BCUT2D eigenvalue weighted by atomic mass is 35.5. The first kappa shape index (κ1) is 23.7. The van der Waals surface area contributed by atoms with Crippen LogP contribution in [0.5, 0.6) is 0 Å². The number of anilines is 1. The molecule has 1 heterocycles. The number of halogens is 1. The summed E-state index contributed by atoms with van der Waals surface area (Å²) < 4.78 is 34.5. The van der Waals surface area contributed by atoms with Crippen LogP contribution >= 0.6 is 22.9 Å². The number of fused-ring (bicyclic) bond motifs is 1. The van der Waals surface area contributed by atoms with E-state index in [1.54, 1.807) is 41.0 Å². The topological polar surface area (TPSA) is 107 Å². The number of thiazole rings is 1. The van der Waals surface area contributed by atoms with Crippen molar-refractivity contribution in [1.29, 1.82) is 0 Å². The number of aromatic nitrogens is 1. The van der Waals surface area contributed by atoms with Gasteiger partial charge in [0.05, 0.1) is 22.2 Å². The Labute approximate surface area is 204 Å². The lowest BCUT2D eigenvalue weighted by atomic mass is 10.2. The molecule has 3 aromatic carbocycles. The molecular formula is C23H18ClN3O5S2. The monoisotopic (exact) mass is 515 g/mol. The van der Waals surface area contributed by atoms with E-state index in [2.05, 4.69) is 9.71 Å². The molecule has 0 aliphatic carbocycles. The Morgan fingerprint density at radius 1 is 1.06 bits per heavy atom. The first-order valence-electron chi connectivity index (χ1n) is 9.89. The van der Waals surface area contributed by atoms with Crippen molar-refractivity contribution in [3.8, 4) is 0 Å². The number of carbonyl (C=O) groups is 2. The van der Waals surface area contributed by atoms with Crippen LogP contribution < -0.4 is 9.52 Å². The number of nitrogens with one attached hydrogen (secondary N) is 1. The van der Waals surface area contributed by atoms with Crippen molar-refractivity contribution in [2.24, 2.45) is 4.99 Å². The van der Waals surface area contributed by atoms with Crippen LogP contribution in [-0.4, -0.2) is 32.0 Å². The standard InChI is InChI=1S/C23H18ClN3O5S2/c1-32-21(28)14-27-19-12-9-16(24)13-20(19)33-23(27)25-22(29)15-7-10-17(11-8-15)26-34(30,31)18-5-3-2-4-6-18/h2-13,26H,14H2,1H3. The zero-order chi connectivity index (χ0) is 24.3. The van der Waals surface area contributed by atoms with Crippen LogP contribution in [0.2, 0.25) is 5.02 Å². The molecule has 11 heteroatoms. The first-order chi connectivity index (χ1) is 16.3. The number of esters is 1. The molecule has 4 rings (SSSR count). The summed E-state index contributed by atoms with van der Waals surface area (Å²) in [6, 6.07) is 19.0. The van der Waals surface area contributed by atoms with E-state index in [0.717, 1.165) is 4.70 Å². The fraction of sp³-hybridized carbons (Fsp3) is 0.0870. The quantitative estimate of drug-likeness (QED) is 0.389. The SMILES string of the molecule is COC(=O)Cn1c(=NC(=O)c2ccc(NS(=O)(=O)c3ccccc3)cc2)sc2cc(Cl)ccc21. The lowest BCUT2D eigenvalue weighted by Crippen LogP contribution is -2.22. The Balaban J connectivity index is 1.63. The lowest BCUT2D eigenvalue weighted by molar-refractivity contribution is -0.141. The number of rotatable bonds is 6. The Bertz CT molecular complexity index is 1540. The van der Waals surface area contributed by atoms with Gasteiger partial charge in [0.15, 0.2) is 4.80 Å². The van der Waals surface area contributed by atoms with Crippen molar-refractivity contribution in [2.75, 3.05) is 11.8 Å². The third kappa shape index (κ3) is 5.19. The number of amides is 1. The Morgan fingerprint density at radius 3 is 2.44 bits per heavy atom. The van der Waals surface area contributed by atoms with E-state index in [0.29, 0.717) is 21.0 Å². The summed E-state index contributed by atoms with van der Waals surface area (Å²) in [6.07, 6.45) is 0. The molecule has 0 bridgehead atoms. The van der Waals surface area contributed by atoms with Crippen LogP contribution in [0.3, 0.4) is 0 Å². The van der Waals surface area contributed by atoms with Gasteiger partial charge in [0.2, 0.25) is 0 Å². The number of methoxy groups -OCH3 is 1. The Hall–Kier alpha value is -3.47. The molecular weight excluding hydrogens is 498 g/mol. The summed E-state index contributed by atoms with van der Waals surface area (Å²) in [5.74, 6) is -1.03. The fourth-order valence-corrected chi connectivity index (χ4v) is 5.51. The van der Waals surface area contributed by atoms with E-state index in [-0.39, 0.29) is 17.0 Å². The minimum Gasteiger partial charge on any atom is -0.468 e. The van der Waals surface area contributed by atoms with E-state index in [1.807, 2.05) is 0 Å². The molecule has 0 radical (unpaired) electrons. The van der Waals surface area contributed by atoms with Gasteiger partial charge in [-0.3, -0.25) is 14.3 Å². The molecule has 174 valence electrons. The molecule has 0 aliphatic rings. The lowest BCUT2D eigenvalue weighted by Gasteiger charge is -2.08. The van der Waals surface area contributed by atoms with E-state index in [1.165, 1.54) is 54.8 Å². The van der Waals surface area contributed by atoms with Crippen LogP contribution in [0.15, 0.2) is 82.7 Å². The summed E-state index contributed by atoms with van der Waals surface area (Å²) >= 11 is 7.29. The average molecular weight is 516 g/mol. The maximum atomic E-state index is 12.8. The molecule has 4 aromatic rings. The van der Waals surface area contributed by atoms with Crippen molar-refractivity contribution >= 4 is 60.7 Å². The number of ether oxygens (including phenoxy) is 1. The van der Waals surface area contributed by atoms with Crippen molar-refractivity contribution < 1.29 is 22.7 Å². The zero-order valence-corrected chi connectivity index (χ0v) is 20.2. The van der Waals surface area contributed by atoms with Crippen LogP contribution in [0, 0.1) is 0 Å². The molecule has 8 nitrogen and oxygen atoms in total. The highest BCUT2D eigenvalue weighted by molar-refractivity contribution is 7.92. The summed E-state index contributed by atoms with van der Waals surface area (Å²) in [5, 5.41) is 0.519. The fourth-order valence-electron chi connectivity index (χ4n) is 3.12. The molecule has 34 heavy (non-hydrogen) atoms. The van der Waals surface area contributed by atoms with Crippen LogP contribution in [0.1, 0.15) is 10.4 Å². The number of hydrogen-bond donors (Lipinski definition) is 1. The summed E-state index contributed by atoms with van der Waals surface area (Å²) in [5.41, 5.74) is 1.25. The van der Waals surface area contributed by atoms with E-state index >= 15 is 0 Å². The summed E-state index contributed by atoms with van der Waals surface area (Å²) in [7, 11) is -2.47. The molecule has 0 fully saturated rings. The predicted molar refractivity (Wildman–Crippen MR) is 130 cm³/mol. The largest absolute Gasteiger partial charge is 0.468 e. The number of sulfonamides is 1.